The maximum Gasteiger partial charge on any atom is 0.255 e. The summed E-state index contributed by atoms with van der Waals surface area (Å²) in [7, 11) is 0. The smallest absolute Gasteiger partial charge is 0.255 e. The Balaban J connectivity index is 0.740. The monoisotopic (exact) mass is 1020 g/mol. The van der Waals surface area contributed by atoms with Crippen LogP contribution in [0.25, 0.3) is 32.7 Å². The van der Waals surface area contributed by atoms with Crippen LogP contribution in [0.5, 0.6) is 17.2 Å². The van der Waals surface area contributed by atoms with E-state index in [1.54, 1.807) is 27.4 Å². The molecule has 3 aliphatic heterocycles. The molecule has 0 radical (unpaired) electrons. The number of β-amino-alcohol motifs (C(OH)–C–C–N with tert-alkyl or cyclic N) is 1. The van der Waals surface area contributed by atoms with E-state index in [1.807, 2.05) is 110 Å². The highest BCUT2D eigenvalue weighted by Gasteiger charge is 2.46. The zero-order chi connectivity index (χ0) is 51.5. The number of fused-ring (bicyclic) bond motifs is 2. The number of nitrogens with one attached hydrogen (secondary N) is 1. The van der Waals surface area contributed by atoms with Gasteiger partial charge in [0.15, 0.2) is 5.65 Å². The molecule has 10 rings (SSSR count). The Morgan fingerprint density at radius 3 is 2.39 bits per heavy atom. The zero-order valence-corrected chi connectivity index (χ0v) is 42.2. The van der Waals surface area contributed by atoms with Gasteiger partial charge in [-0.3, -0.25) is 19.2 Å². The topological polar surface area (TPSA) is 220 Å². The zero-order valence-electron chi connectivity index (χ0n) is 41.4. The van der Waals surface area contributed by atoms with Gasteiger partial charge < -0.3 is 45.1 Å². The number of para-hydroxylation sites is 1. The molecule has 0 aliphatic carbocycles. The molecule has 4 amide bonds. The number of benzene rings is 4. The number of hydrogen-bond donors (Lipinski definition) is 3. The number of aliphatic hydroxyl groups is 1. The molecule has 6 heterocycles. The Morgan fingerprint density at radius 1 is 0.905 bits per heavy atom. The van der Waals surface area contributed by atoms with Crippen molar-refractivity contribution >= 4 is 51.8 Å². The first-order valence-corrected chi connectivity index (χ1v) is 25.8. The normalized spacial score (nSPS) is 17.3. The molecule has 2 unspecified atom stereocenters. The molecule has 382 valence electrons. The molecule has 74 heavy (non-hydrogen) atoms. The molecular formula is C55H58N10O8S. The van der Waals surface area contributed by atoms with Gasteiger partial charge in [0.1, 0.15) is 60.4 Å². The lowest BCUT2D eigenvalue weighted by molar-refractivity contribution is -0.143. The van der Waals surface area contributed by atoms with E-state index in [4.69, 9.17) is 25.0 Å². The summed E-state index contributed by atoms with van der Waals surface area (Å²) < 4.78 is 20.1. The van der Waals surface area contributed by atoms with Crippen molar-refractivity contribution in [3.8, 4) is 38.9 Å². The number of amides is 4. The number of likely N-dealkylation sites (tertiary alicyclic amines) is 2. The number of nitrogens with zero attached hydrogens (tertiary/aromatic N) is 8. The number of rotatable bonds is 17. The molecule has 2 saturated heterocycles. The lowest BCUT2D eigenvalue weighted by atomic mass is 10.0. The highest BCUT2D eigenvalue weighted by atomic mass is 32.1. The number of nitrogens with two attached hydrogens (primary N) is 1. The summed E-state index contributed by atoms with van der Waals surface area (Å²) in [5, 5.41) is 19.5. The number of ether oxygens (including phenoxy) is 3. The Morgan fingerprint density at radius 2 is 1.65 bits per heavy atom. The molecule has 0 spiro atoms. The molecule has 7 aromatic rings. The standard InChI is InChI=1S/C55H58N10O8S/c1-33(2)49(64-28-38-9-7-8-12-43(38)54(64)69)55(70)63-29-40(66)26-44(63)53(68)57-27-37-14-13-36(50-34(3)60-32-74-50)25-45(37)72-24-23-71-30-46(67)62-21-19-39(20-22-62)65-52-47(51(56)58-31-59-52)48(61-65)35-15-17-42(18-16-35)73-41-10-5-4-6-11-41/h4-18,25,31-33,39-40,44,49,66H,19-24,26-30H2,1-3H3,(H,57,68)(H2,56,58,59)/t40?,44?,49-/m0/s1. The second-order valence-corrected chi connectivity index (χ2v) is 20.0. The molecule has 4 N–H and O–H groups in total. The van der Waals surface area contributed by atoms with Gasteiger partial charge in [-0.25, -0.2) is 19.6 Å². The number of aryl methyl sites for hydroxylation is 1. The third-order valence-corrected chi connectivity index (χ3v) is 14.9. The van der Waals surface area contributed by atoms with Crippen LogP contribution in [0.1, 0.15) is 66.3 Å². The second-order valence-electron chi connectivity index (χ2n) is 19.2. The predicted molar refractivity (Wildman–Crippen MR) is 278 cm³/mol. The van der Waals surface area contributed by atoms with Crippen LogP contribution < -0.4 is 20.5 Å². The van der Waals surface area contributed by atoms with Crippen molar-refractivity contribution in [3.05, 3.63) is 131 Å². The molecule has 0 saturated carbocycles. The van der Waals surface area contributed by atoms with E-state index >= 15 is 0 Å². The fraction of sp³-hybridized carbons (Fsp3) is 0.345. The van der Waals surface area contributed by atoms with Crippen molar-refractivity contribution in [2.24, 2.45) is 5.92 Å². The van der Waals surface area contributed by atoms with Gasteiger partial charge in [-0.15, -0.1) is 11.3 Å². The quantitative estimate of drug-likeness (QED) is 0.0799. The van der Waals surface area contributed by atoms with Gasteiger partial charge in [-0.05, 0) is 85.3 Å². The third-order valence-electron chi connectivity index (χ3n) is 14.0. The third kappa shape index (κ3) is 10.4. The SMILES string of the molecule is Cc1ncsc1-c1ccc(CNC(=O)C2CC(O)CN2C(=O)[C@H](C(C)C)N2Cc3ccccc3C2=O)c(OCCOCC(=O)N2CCC(n3nc(-c4ccc(Oc5ccccc5)cc4)c4c(N)ncnc43)CC2)c1. The van der Waals surface area contributed by atoms with Gasteiger partial charge >= 0.3 is 0 Å². The maximum atomic E-state index is 14.3. The molecule has 3 aromatic heterocycles. The largest absolute Gasteiger partial charge is 0.491 e. The number of aromatic nitrogens is 5. The van der Waals surface area contributed by atoms with E-state index in [2.05, 4.69) is 20.3 Å². The first-order valence-electron chi connectivity index (χ1n) is 24.9. The molecule has 4 aromatic carbocycles. The van der Waals surface area contributed by atoms with Gasteiger partial charge in [-0.2, -0.15) is 5.10 Å². The summed E-state index contributed by atoms with van der Waals surface area (Å²) >= 11 is 1.51. The fourth-order valence-corrected chi connectivity index (χ4v) is 11.0. The summed E-state index contributed by atoms with van der Waals surface area (Å²) in [4.78, 5) is 74.3. The molecule has 0 bridgehead atoms. The van der Waals surface area contributed by atoms with E-state index in [9.17, 15) is 24.3 Å². The number of nitrogen functional groups attached to an aromatic ring is 1. The minimum absolute atomic E-state index is 0.0220. The number of thiazole rings is 1. The van der Waals surface area contributed by atoms with E-state index < -0.39 is 24.1 Å². The van der Waals surface area contributed by atoms with Gasteiger partial charge in [0.05, 0.1) is 40.2 Å². The fourth-order valence-electron chi connectivity index (χ4n) is 10.2. The summed E-state index contributed by atoms with van der Waals surface area (Å²) in [6, 6.07) is 28.5. The molecule has 2 fully saturated rings. The molecular weight excluding hydrogens is 961 g/mol. The van der Waals surface area contributed by atoms with Crippen LogP contribution in [0.4, 0.5) is 5.82 Å². The van der Waals surface area contributed by atoms with Crippen molar-refractivity contribution in [2.45, 2.75) is 77.4 Å². The number of aliphatic hydroxyl groups excluding tert-OH is 1. The summed E-state index contributed by atoms with van der Waals surface area (Å²) in [5.74, 6) is 0.871. The van der Waals surface area contributed by atoms with Crippen LogP contribution in [-0.2, 0) is 32.2 Å². The summed E-state index contributed by atoms with van der Waals surface area (Å²) in [5.41, 5.74) is 14.2. The maximum absolute atomic E-state index is 14.3. The van der Waals surface area contributed by atoms with Gasteiger partial charge in [0, 0.05) is 55.8 Å². The number of carbonyl (C=O) groups excluding carboxylic acids is 4. The van der Waals surface area contributed by atoms with Gasteiger partial charge in [-0.1, -0.05) is 62.4 Å². The molecule has 18 nitrogen and oxygen atoms in total. The van der Waals surface area contributed by atoms with Crippen LogP contribution in [0.3, 0.4) is 0 Å². The first-order chi connectivity index (χ1) is 35.9. The number of hydrogen-bond acceptors (Lipinski definition) is 14. The predicted octanol–water partition coefficient (Wildman–Crippen LogP) is 6.82. The lowest BCUT2D eigenvalue weighted by Crippen LogP contribution is -2.55. The average Bonchev–Trinajstić information content (AvgIpc) is 4.21. The van der Waals surface area contributed by atoms with Crippen LogP contribution in [0, 0.1) is 12.8 Å². The van der Waals surface area contributed by atoms with Crippen molar-refractivity contribution in [1.82, 2.24) is 44.7 Å². The van der Waals surface area contributed by atoms with Crippen LogP contribution >= 0.6 is 11.3 Å². The number of carbonyl (C=O) groups is 4. The van der Waals surface area contributed by atoms with Crippen molar-refractivity contribution in [1.29, 1.82) is 0 Å². The van der Waals surface area contributed by atoms with Crippen molar-refractivity contribution in [2.75, 3.05) is 45.2 Å². The summed E-state index contributed by atoms with van der Waals surface area (Å²) in [6.07, 6.45) is 1.90. The highest BCUT2D eigenvalue weighted by molar-refractivity contribution is 7.13. The Hall–Kier alpha value is -7.74. The minimum Gasteiger partial charge on any atom is -0.491 e. The first kappa shape index (κ1) is 49.8. The molecule has 3 aliphatic rings. The van der Waals surface area contributed by atoms with Gasteiger partial charge in [0.2, 0.25) is 17.7 Å². The van der Waals surface area contributed by atoms with Gasteiger partial charge in [0.25, 0.3) is 5.91 Å². The minimum atomic E-state index is -0.943. The molecule has 19 heteroatoms. The van der Waals surface area contributed by atoms with E-state index in [0.29, 0.717) is 77.6 Å². The highest BCUT2D eigenvalue weighted by Crippen LogP contribution is 2.37. The van der Waals surface area contributed by atoms with Crippen molar-refractivity contribution < 1.29 is 38.5 Å². The second kappa shape index (κ2) is 21.8. The number of anilines is 1. The average molecular weight is 1020 g/mol. The Bertz CT molecular complexity index is 3170. The Kier molecular flexibility index (Phi) is 14.7. The number of piperidine rings is 1. The van der Waals surface area contributed by atoms with Crippen molar-refractivity contribution in [3.63, 3.8) is 0 Å². The molecule has 3 atom stereocenters. The van der Waals surface area contributed by atoms with E-state index in [1.165, 1.54) is 22.6 Å². The van der Waals surface area contributed by atoms with Crippen LogP contribution in [0.2, 0.25) is 0 Å². The van der Waals surface area contributed by atoms with Crippen LogP contribution in [0.15, 0.2) is 109 Å². The Labute approximate surface area is 432 Å². The van der Waals surface area contributed by atoms with Crippen LogP contribution in [-0.4, -0.2) is 126 Å². The van der Waals surface area contributed by atoms with E-state index in [0.717, 1.165) is 33.0 Å². The lowest BCUT2D eigenvalue weighted by Gasteiger charge is -2.35. The van der Waals surface area contributed by atoms with E-state index in [-0.39, 0.29) is 69.0 Å². The summed E-state index contributed by atoms with van der Waals surface area (Å²) in [6.45, 7) is 7.16.